The Morgan fingerprint density at radius 3 is 2.59 bits per heavy atom. The Morgan fingerprint density at radius 1 is 1.07 bits per heavy atom. The molecule has 0 atom stereocenters. The van der Waals surface area contributed by atoms with E-state index in [4.69, 9.17) is 0 Å². The van der Waals surface area contributed by atoms with Gasteiger partial charge in [-0.2, -0.15) is 0 Å². The zero-order valence-corrected chi connectivity index (χ0v) is 16.5. The van der Waals surface area contributed by atoms with Crippen molar-refractivity contribution < 1.29 is 9.59 Å². The van der Waals surface area contributed by atoms with E-state index in [1.54, 1.807) is 12.1 Å². The van der Waals surface area contributed by atoms with Crippen molar-refractivity contribution in [2.75, 3.05) is 19.4 Å². The highest BCUT2D eigenvalue weighted by molar-refractivity contribution is 7.12. The van der Waals surface area contributed by atoms with Crippen LogP contribution in [0, 0.1) is 0 Å². The summed E-state index contributed by atoms with van der Waals surface area (Å²) in [6.07, 6.45) is 1.85. The van der Waals surface area contributed by atoms with Gasteiger partial charge in [-0.15, -0.1) is 11.3 Å². The van der Waals surface area contributed by atoms with E-state index in [1.807, 2.05) is 73.8 Å². The summed E-state index contributed by atoms with van der Waals surface area (Å²) in [5, 5.41) is 6.89. The van der Waals surface area contributed by atoms with E-state index in [0.717, 1.165) is 22.0 Å². The highest BCUT2D eigenvalue weighted by atomic mass is 32.1. The second kappa shape index (κ2) is 8.18. The van der Waals surface area contributed by atoms with E-state index in [9.17, 15) is 9.59 Å². The summed E-state index contributed by atoms with van der Waals surface area (Å²) in [5.41, 5.74) is 2.40. The summed E-state index contributed by atoms with van der Waals surface area (Å²) in [6.45, 7) is 1.88. The molecule has 4 nitrogen and oxygen atoms in total. The van der Waals surface area contributed by atoms with E-state index in [1.165, 1.54) is 11.3 Å². The van der Waals surface area contributed by atoms with Crippen LogP contribution in [-0.4, -0.2) is 30.7 Å². The molecule has 138 valence electrons. The number of carbonyl (C=O) groups is 2. The second-order valence-electron chi connectivity index (χ2n) is 6.57. The van der Waals surface area contributed by atoms with Crippen molar-refractivity contribution in [3.63, 3.8) is 0 Å². The third-order valence-electron chi connectivity index (χ3n) is 4.44. The van der Waals surface area contributed by atoms with Gasteiger partial charge in [-0.05, 0) is 34.7 Å². The molecule has 0 aliphatic heterocycles. The van der Waals surface area contributed by atoms with Gasteiger partial charge in [0.1, 0.15) is 0 Å². The van der Waals surface area contributed by atoms with Crippen LogP contribution in [0.15, 0.2) is 65.7 Å². The number of benzene rings is 2. The Balaban J connectivity index is 1.77. The summed E-state index contributed by atoms with van der Waals surface area (Å²) in [7, 11) is 3.78. The minimum atomic E-state index is -0.132. The van der Waals surface area contributed by atoms with Crippen molar-refractivity contribution in [2.45, 2.75) is 13.3 Å². The number of hydrogen-bond acceptors (Lipinski definition) is 4. The number of amides is 1. The third kappa shape index (κ3) is 4.44. The second-order valence-corrected chi connectivity index (χ2v) is 7.49. The number of carbonyl (C=O) groups excluding carboxylic acids is 2. The molecule has 0 spiro atoms. The third-order valence-corrected chi connectivity index (χ3v) is 5.37. The molecule has 1 aromatic heterocycles. The molecule has 0 radical (unpaired) electrons. The van der Waals surface area contributed by atoms with Crippen molar-refractivity contribution in [3.8, 4) is 0 Å². The fourth-order valence-corrected chi connectivity index (χ4v) is 3.56. The highest BCUT2D eigenvalue weighted by Crippen LogP contribution is 2.25. The first-order chi connectivity index (χ1) is 13.0. The number of nitrogens with zero attached hydrogens (tertiary/aromatic N) is 1. The average Bonchev–Trinajstić information content (AvgIpc) is 3.10. The number of ketones is 1. The molecule has 1 heterocycles. The maximum atomic E-state index is 12.6. The van der Waals surface area contributed by atoms with Gasteiger partial charge in [0.05, 0.1) is 17.0 Å². The summed E-state index contributed by atoms with van der Waals surface area (Å²) in [4.78, 5) is 27.5. The first kappa shape index (κ1) is 18.9. The largest absolute Gasteiger partial charge is 0.381 e. The Labute approximate surface area is 163 Å². The zero-order valence-electron chi connectivity index (χ0n) is 15.7. The number of hydrogen-bond donors (Lipinski definition) is 1. The molecule has 1 N–H and O–H groups in total. The molecular formula is C22H22N2O2S. The van der Waals surface area contributed by atoms with E-state index in [2.05, 4.69) is 5.32 Å². The van der Waals surface area contributed by atoms with E-state index in [-0.39, 0.29) is 18.1 Å². The minimum absolute atomic E-state index is 0.100. The normalized spacial score (nSPS) is 11.4. The van der Waals surface area contributed by atoms with Crippen molar-refractivity contribution in [1.82, 2.24) is 4.90 Å². The maximum Gasteiger partial charge on any atom is 0.228 e. The van der Waals surface area contributed by atoms with E-state index < -0.39 is 0 Å². The molecule has 2 aromatic carbocycles. The molecule has 27 heavy (non-hydrogen) atoms. The smallest absolute Gasteiger partial charge is 0.228 e. The summed E-state index contributed by atoms with van der Waals surface area (Å²) in [5.74, 6) is -0.233. The Hall–Kier alpha value is -2.92. The van der Waals surface area contributed by atoms with Crippen LogP contribution in [-0.2, 0) is 11.2 Å². The number of nitrogens with one attached hydrogen (secondary N) is 1. The van der Waals surface area contributed by atoms with Gasteiger partial charge in [0.25, 0.3) is 0 Å². The Kier molecular flexibility index (Phi) is 5.72. The monoisotopic (exact) mass is 378 g/mol. The predicted molar refractivity (Wildman–Crippen MR) is 112 cm³/mol. The Morgan fingerprint density at radius 2 is 1.81 bits per heavy atom. The molecule has 5 heteroatoms. The van der Waals surface area contributed by atoms with Crippen LogP contribution in [0.25, 0.3) is 10.8 Å². The summed E-state index contributed by atoms with van der Waals surface area (Å²) >= 11 is 1.33. The van der Waals surface area contributed by atoms with Gasteiger partial charge in [0.2, 0.25) is 5.91 Å². The molecule has 0 aliphatic carbocycles. The quantitative estimate of drug-likeness (QED) is 0.498. The lowest BCUT2D eigenvalue weighted by Crippen LogP contribution is -2.16. The number of rotatable bonds is 6. The lowest BCUT2D eigenvalue weighted by Gasteiger charge is -2.12. The van der Waals surface area contributed by atoms with Crippen LogP contribution in [0.1, 0.15) is 22.2 Å². The molecule has 3 aromatic rings. The minimum Gasteiger partial charge on any atom is -0.381 e. The summed E-state index contributed by atoms with van der Waals surface area (Å²) < 4.78 is 0. The van der Waals surface area contributed by atoms with Crippen molar-refractivity contribution in [2.24, 2.45) is 0 Å². The van der Waals surface area contributed by atoms with Gasteiger partial charge in [0.15, 0.2) is 5.78 Å². The molecule has 1 amide bonds. The van der Waals surface area contributed by atoms with Crippen LogP contribution in [0.2, 0.25) is 0 Å². The molecule has 0 bridgehead atoms. The van der Waals surface area contributed by atoms with Gasteiger partial charge in [-0.3, -0.25) is 9.59 Å². The Bertz CT molecular complexity index is 1010. The van der Waals surface area contributed by atoms with Crippen LogP contribution in [0.4, 0.5) is 5.69 Å². The van der Waals surface area contributed by atoms with E-state index >= 15 is 0 Å². The van der Waals surface area contributed by atoms with Crippen molar-refractivity contribution in [1.29, 1.82) is 0 Å². The van der Waals surface area contributed by atoms with Crippen LogP contribution < -0.4 is 5.32 Å². The fraction of sp³-hybridized carbons (Fsp3) is 0.182. The molecule has 0 fully saturated rings. The SMILES string of the molecule is CC(=CC(=O)c1sccc1NC(=O)Cc1cccc2ccccc12)N(C)C. The lowest BCUT2D eigenvalue weighted by molar-refractivity contribution is -0.115. The number of thiophene rings is 1. The van der Waals surface area contributed by atoms with Gasteiger partial charge >= 0.3 is 0 Å². The average molecular weight is 378 g/mol. The molecular weight excluding hydrogens is 356 g/mol. The van der Waals surface area contributed by atoms with Gasteiger partial charge in [-0.1, -0.05) is 42.5 Å². The topological polar surface area (TPSA) is 49.4 Å². The standard InChI is InChI=1S/C22H22N2O2S/c1-15(24(2)3)13-20(25)22-19(11-12-27-22)23-21(26)14-17-9-6-8-16-7-4-5-10-18(16)17/h4-13H,14H2,1-3H3,(H,23,26). The van der Waals surface area contributed by atoms with Gasteiger partial charge in [-0.25, -0.2) is 0 Å². The lowest BCUT2D eigenvalue weighted by atomic mass is 10.0. The highest BCUT2D eigenvalue weighted by Gasteiger charge is 2.15. The van der Waals surface area contributed by atoms with Crippen molar-refractivity contribution >= 4 is 39.5 Å². The van der Waals surface area contributed by atoms with Crippen LogP contribution in [0.3, 0.4) is 0 Å². The number of fused-ring (bicyclic) bond motifs is 1. The first-order valence-electron chi connectivity index (χ1n) is 8.69. The van der Waals surface area contributed by atoms with Crippen LogP contribution >= 0.6 is 11.3 Å². The van der Waals surface area contributed by atoms with Crippen molar-refractivity contribution in [3.05, 3.63) is 76.1 Å². The summed E-state index contributed by atoms with van der Waals surface area (Å²) in [6, 6.07) is 15.7. The predicted octanol–water partition coefficient (Wildman–Crippen LogP) is 4.73. The molecule has 0 saturated heterocycles. The maximum absolute atomic E-state index is 12.6. The van der Waals surface area contributed by atoms with Gasteiger partial charge < -0.3 is 10.2 Å². The molecule has 0 unspecified atom stereocenters. The van der Waals surface area contributed by atoms with Crippen LogP contribution in [0.5, 0.6) is 0 Å². The zero-order chi connectivity index (χ0) is 19.4. The number of anilines is 1. The first-order valence-corrected chi connectivity index (χ1v) is 9.57. The fourth-order valence-electron chi connectivity index (χ4n) is 2.80. The molecule has 0 aliphatic rings. The molecule has 0 saturated carbocycles. The molecule has 3 rings (SSSR count). The number of allylic oxidation sites excluding steroid dienone is 2. The van der Waals surface area contributed by atoms with Gasteiger partial charge in [0, 0.05) is 25.9 Å². The van der Waals surface area contributed by atoms with E-state index in [0.29, 0.717) is 10.6 Å².